The number of methoxy groups -OCH3 is 1. The Morgan fingerprint density at radius 2 is 2.04 bits per heavy atom. The van der Waals surface area contributed by atoms with E-state index in [1.807, 2.05) is 22.9 Å². The highest BCUT2D eigenvalue weighted by Gasteiger charge is 2.26. The van der Waals surface area contributed by atoms with Gasteiger partial charge in [0.2, 0.25) is 0 Å². The first-order chi connectivity index (χ1) is 12.7. The molecule has 4 rings (SSSR count). The van der Waals surface area contributed by atoms with E-state index >= 15 is 0 Å². The van der Waals surface area contributed by atoms with Crippen molar-refractivity contribution in [3.05, 3.63) is 66.0 Å². The molecule has 1 aromatic carbocycles. The average molecular weight is 352 g/mol. The number of aromatic nitrogens is 2. The molecule has 6 nitrogen and oxygen atoms in total. The van der Waals surface area contributed by atoms with E-state index in [2.05, 4.69) is 15.6 Å². The number of amides is 1. The number of carbonyl (C=O) groups excluding carboxylic acids is 1. The number of halogens is 1. The second kappa shape index (κ2) is 6.51. The maximum Gasteiger partial charge on any atom is 0.255 e. The summed E-state index contributed by atoms with van der Waals surface area (Å²) in [7, 11) is 1.41. The Balaban J connectivity index is 1.84. The van der Waals surface area contributed by atoms with Gasteiger partial charge in [0, 0.05) is 42.9 Å². The van der Waals surface area contributed by atoms with Gasteiger partial charge in [0.1, 0.15) is 0 Å². The molecule has 0 aliphatic carbocycles. The van der Waals surface area contributed by atoms with E-state index in [4.69, 9.17) is 4.74 Å². The molecule has 132 valence electrons. The van der Waals surface area contributed by atoms with Crippen LogP contribution in [0.4, 0.5) is 15.8 Å². The summed E-state index contributed by atoms with van der Waals surface area (Å²) in [4.78, 5) is 16.5. The van der Waals surface area contributed by atoms with Gasteiger partial charge in [0.05, 0.1) is 24.0 Å². The predicted molar refractivity (Wildman–Crippen MR) is 95.8 cm³/mol. The largest absolute Gasteiger partial charge is 0.492 e. The molecule has 1 aliphatic rings. The Hall–Kier alpha value is -3.35. The minimum absolute atomic E-state index is 0.106. The standard InChI is InChI=1S/C19H17FN4O2/c1-26-18-13(20)3-2-4-14(18)23-15-11-24(12-5-8-21-9-6-12)16-7-10-22-19(25)17(15)16/h2-6,8-9,11,23H,7,10H2,1H3,(H,22,25). The van der Waals surface area contributed by atoms with E-state index in [9.17, 15) is 9.18 Å². The number of carbonyl (C=O) groups is 1. The van der Waals surface area contributed by atoms with Crippen molar-refractivity contribution in [3.63, 3.8) is 0 Å². The number of anilines is 2. The highest BCUT2D eigenvalue weighted by molar-refractivity contribution is 6.03. The third kappa shape index (κ3) is 2.67. The maximum atomic E-state index is 14.0. The molecule has 3 heterocycles. The summed E-state index contributed by atoms with van der Waals surface area (Å²) in [6.07, 6.45) is 5.95. The van der Waals surface area contributed by atoms with Crippen molar-refractivity contribution in [2.45, 2.75) is 6.42 Å². The summed E-state index contributed by atoms with van der Waals surface area (Å²) in [5.74, 6) is -0.518. The average Bonchev–Trinajstić information content (AvgIpc) is 3.02. The highest BCUT2D eigenvalue weighted by Crippen LogP contribution is 2.35. The highest BCUT2D eigenvalue weighted by atomic mass is 19.1. The van der Waals surface area contributed by atoms with Crippen molar-refractivity contribution in [2.75, 3.05) is 19.0 Å². The molecule has 0 atom stereocenters. The fourth-order valence-corrected chi connectivity index (χ4v) is 3.22. The van der Waals surface area contributed by atoms with Gasteiger partial charge in [-0.1, -0.05) is 6.07 Å². The Labute approximate surface area is 149 Å². The van der Waals surface area contributed by atoms with Crippen LogP contribution in [0.15, 0.2) is 48.9 Å². The monoisotopic (exact) mass is 352 g/mol. The number of fused-ring (bicyclic) bond motifs is 1. The van der Waals surface area contributed by atoms with Crippen molar-refractivity contribution in [3.8, 4) is 11.4 Å². The first-order valence-electron chi connectivity index (χ1n) is 8.21. The van der Waals surface area contributed by atoms with Gasteiger partial charge in [-0.05, 0) is 24.3 Å². The van der Waals surface area contributed by atoms with Gasteiger partial charge in [0.15, 0.2) is 11.6 Å². The van der Waals surface area contributed by atoms with Crippen molar-refractivity contribution in [1.29, 1.82) is 0 Å². The van der Waals surface area contributed by atoms with E-state index in [1.54, 1.807) is 24.5 Å². The second-order valence-electron chi connectivity index (χ2n) is 5.89. The van der Waals surface area contributed by atoms with Crippen LogP contribution in [0.2, 0.25) is 0 Å². The molecular weight excluding hydrogens is 335 g/mol. The number of para-hydroxylation sites is 1. The number of nitrogens with one attached hydrogen (secondary N) is 2. The van der Waals surface area contributed by atoms with Gasteiger partial charge in [0.25, 0.3) is 5.91 Å². The van der Waals surface area contributed by atoms with Crippen LogP contribution in [0.25, 0.3) is 5.69 Å². The zero-order valence-electron chi connectivity index (χ0n) is 14.1. The van der Waals surface area contributed by atoms with Gasteiger partial charge in [-0.15, -0.1) is 0 Å². The number of hydrogen-bond acceptors (Lipinski definition) is 4. The Bertz CT molecular complexity index is 969. The van der Waals surface area contributed by atoms with Crippen molar-refractivity contribution in [1.82, 2.24) is 14.9 Å². The molecule has 0 bridgehead atoms. The van der Waals surface area contributed by atoms with Gasteiger partial charge in [-0.25, -0.2) is 4.39 Å². The summed E-state index contributed by atoms with van der Waals surface area (Å²) in [5.41, 5.74) is 3.42. The first kappa shape index (κ1) is 16.1. The summed E-state index contributed by atoms with van der Waals surface area (Å²) >= 11 is 0. The van der Waals surface area contributed by atoms with E-state index in [0.717, 1.165) is 11.4 Å². The number of hydrogen-bond donors (Lipinski definition) is 2. The molecule has 2 aromatic heterocycles. The lowest BCUT2D eigenvalue weighted by molar-refractivity contribution is 0.0946. The third-order valence-corrected chi connectivity index (χ3v) is 4.36. The molecule has 0 spiro atoms. The molecule has 3 aromatic rings. The lowest BCUT2D eigenvalue weighted by Gasteiger charge is -2.17. The van der Waals surface area contributed by atoms with E-state index < -0.39 is 5.82 Å². The smallest absolute Gasteiger partial charge is 0.255 e. The number of rotatable bonds is 4. The van der Waals surface area contributed by atoms with Gasteiger partial charge >= 0.3 is 0 Å². The molecular formula is C19H17FN4O2. The van der Waals surface area contributed by atoms with Crippen molar-refractivity contribution < 1.29 is 13.9 Å². The second-order valence-corrected chi connectivity index (χ2v) is 5.89. The molecule has 0 fully saturated rings. The van der Waals surface area contributed by atoms with Crippen molar-refractivity contribution in [2.24, 2.45) is 0 Å². The van der Waals surface area contributed by atoms with Crippen LogP contribution in [0.5, 0.6) is 5.75 Å². The molecule has 0 unspecified atom stereocenters. The SMILES string of the molecule is COc1c(F)cccc1Nc1cn(-c2ccncc2)c2c1C(=O)NCC2. The summed E-state index contributed by atoms with van der Waals surface area (Å²) in [5, 5.41) is 6.01. The number of ether oxygens (including phenoxy) is 1. The van der Waals surface area contributed by atoms with Gasteiger partial charge < -0.3 is 19.9 Å². The lowest BCUT2D eigenvalue weighted by atomic mass is 10.1. The van der Waals surface area contributed by atoms with Gasteiger partial charge in [-0.2, -0.15) is 0 Å². The molecule has 1 aliphatic heterocycles. The van der Waals surface area contributed by atoms with E-state index in [-0.39, 0.29) is 11.7 Å². The zero-order valence-corrected chi connectivity index (χ0v) is 14.1. The van der Waals surface area contributed by atoms with Crippen LogP contribution >= 0.6 is 0 Å². The van der Waals surface area contributed by atoms with Crippen LogP contribution in [0.3, 0.4) is 0 Å². The summed E-state index contributed by atoms with van der Waals surface area (Å²) < 4.78 is 21.1. The molecule has 26 heavy (non-hydrogen) atoms. The predicted octanol–water partition coefficient (Wildman–Crippen LogP) is 3.05. The molecule has 7 heteroatoms. The van der Waals surface area contributed by atoms with Gasteiger partial charge in [-0.3, -0.25) is 9.78 Å². The maximum absolute atomic E-state index is 14.0. The van der Waals surface area contributed by atoms with Crippen LogP contribution in [0, 0.1) is 5.82 Å². The Morgan fingerprint density at radius 1 is 1.23 bits per heavy atom. The molecule has 0 saturated heterocycles. The fourth-order valence-electron chi connectivity index (χ4n) is 3.22. The Morgan fingerprint density at radius 3 is 2.81 bits per heavy atom. The van der Waals surface area contributed by atoms with E-state index in [0.29, 0.717) is 29.9 Å². The molecule has 2 N–H and O–H groups in total. The topological polar surface area (TPSA) is 68.2 Å². The first-order valence-corrected chi connectivity index (χ1v) is 8.21. The van der Waals surface area contributed by atoms with Crippen LogP contribution in [0.1, 0.15) is 16.1 Å². The minimum atomic E-state index is -0.468. The summed E-state index contributed by atoms with van der Waals surface area (Å²) in [6.45, 7) is 0.573. The van der Waals surface area contributed by atoms with Crippen LogP contribution in [-0.2, 0) is 6.42 Å². The number of pyridine rings is 1. The number of nitrogens with zero attached hydrogens (tertiary/aromatic N) is 2. The van der Waals surface area contributed by atoms with Crippen LogP contribution in [-0.4, -0.2) is 29.1 Å². The zero-order chi connectivity index (χ0) is 18.1. The minimum Gasteiger partial charge on any atom is -0.492 e. The summed E-state index contributed by atoms with van der Waals surface area (Å²) in [6, 6.07) is 8.37. The van der Waals surface area contributed by atoms with Crippen LogP contribution < -0.4 is 15.4 Å². The van der Waals surface area contributed by atoms with Crippen molar-refractivity contribution >= 4 is 17.3 Å². The fraction of sp³-hybridized carbons (Fsp3) is 0.158. The molecule has 0 radical (unpaired) electrons. The quantitative estimate of drug-likeness (QED) is 0.757. The lowest BCUT2D eigenvalue weighted by Crippen LogP contribution is -2.32. The number of benzene rings is 1. The molecule has 0 saturated carbocycles. The Kier molecular flexibility index (Phi) is 4.04. The third-order valence-electron chi connectivity index (χ3n) is 4.36. The van der Waals surface area contributed by atoms with E-state index in [1.165, 1.54) is 13.2 Å². The molecule has 1 amide bonds. The normalized spacial score (nSPS) is 13.1.